The summed E-state index contributed by atoms with van der Waals surface area (Å²) in [5.74, 6) is -0.412. The van der Waals surface area contributed by atoms with Crippen molar-refractivity contribution >= 4 is 5.71 Å². The van der Waals surface area contributed by atoms with Gasteiger partial charge in [0.1, 0.15) is 5.56 Å². The molecule has 0 amide bonds. The van der Waals surface area contributed by atoms with Crippen molar-refractivity contribution in [2.24, 2.45) is 5.10 Å². The zero-order chi connectivity index (χ0) is 17.4. The van der Waals surface area contributed by atoms with Crippen LogP contribution in [0.25, 0.3) is 0 Å². The van der Waals surface area contributed by atoms with Crippen LogP contribution in [0.1, 0.15) is 26.3 Å². The number of nitrogens with zero attached hydrogens (tertiary/aromatic N) is 3. The lowest BCUT2D eigenvalue weighted by Gasteiger charge is -2.17. The van der Waals surface area contributed by atoms with E-state index in [1.54, 1.807) is 6.92 Å². The predicted octanol–water partition coefficient (Wildman–Crippen LogP) is 0.0836. The average Bonchev–Trinajstić information content (AvgIpc) is 2.51. The van der Waals surface area contributed by atoms with E-state index in [0.717, 1.165) is 24.2 Å². The van der Waals surface area contributed by atoms with Gasteiger partial charge >= 0.3 is 5.69 Å². The number of rotatable bonds is 9. The molecule has 0 fully saturated rings. The summed E-state index contributed by atoms with van der Waals surface area (Å²) in [5.41, 5.74) is 1.81. The van der Waals surface area contributed by atoms with Crippen molar-refractivity contribution in [3.05, 3.63) is 39.1 Å². The lowest BCUT2D eigenvalue weighted by molar-refractivity contribution is 0.303. The third kappa shape index (κ3) is 4.82. The highest BCUT2D eigenvalue weighted by Crippen LogP contribution is 2.10. The smallest absolute Gasteiger partial charge is 0.331 e. The first kappa shape index (κ1) is 18.7. The third-order valence-electron chi connectivity index (χ3n) is 3.53. The Morgan fingerprint density at radius 3 is 2.65 bits per heavy atom. The van der Waals surface area contributed by atoms with Crippen LogP contribution >= 0.6 is 0 Å². The second-order valence-electron chi connectivity index (χ2n) is 4.99. The van der Waals surface area contributed by atoms with Crippen LogP contribution in [0.3, 0.4) is 0 Å². The summed E-state index contributed by atoms with van der Waals surface area (Å²) in [6.07, 6.45) is 1.46. The molecule has 0 aliphatic carbocycles. The minimum absolute atomic E-state index is 0.0261. The topological polar surface area (TPSA) is 103 Å². The first-order chi connectivity index (χ1) is 11.0. The molecule has 3 N–H and O–H groups in total. The standard InChI is InChI=1S/C15H25N5O3/c1-5-9-20-14(22)12(13(21)17-15(20)23)11(4)18-16-8-10-19(6-2)7-3/h5,16,22H,1,6-10H2,2-4H3,(H,17,21,23)/b18-11+. The molecule has 0 saturated carbocycles. The third-order valence-corrected chi connectivity index (χ3v) is 3.53. The first-order valence-electron chi connectivity index (χ1n) is 7.63. The van der Waals surface area contributed by atoms with E-state index in [1.807, 2.05) is 0 Å². The van der Waals surface area contributed by atoms with E-state index in [-0.39, 0.29) is 12.1 Å². The highest BCUT2D eigenvalue weighted by Gasteiger charge is 2.16. The van der Waals surface area contributed by atoms with Crippen LogP contribution in [0.15, 0.2) is 27.3 Å². The van der Waals surface area contributed by atoms with Crippen LogP contribution in [0, 0.1) is 0 Å². The van der Waals surface area contributed by atoms with Gasteiger partial charge in [-0.15, -0.1) is 6.58 Å². The number of likely N-dealkylation sites (N-methyl/N-ethyl adjacent to an activating group) is 1. The van der Waals surface area contributed by atoms with Crippen molar-refractivity contribution < 1.29 is 5.11 Å². The van der Waals surface area contributed by atoms with Gasteiger partial charge in [-0.05, 0) is 20.0 Å². The van der Waals surface area contributed by atoms with Crippen LogP contribution in [0.5, 0.6) is 5.88 Å². The Balaban J connectivity index is 2.95. The van der Waals surface area contributed by atoms with Gasteiger partial charge in [-0.25, -0.2) is 4.79 Å². The average molecular weight is 323 g/mol. The molecule has 1 heterocycles. The van der Waals surface area contributed by atoms with Crippen molar-refractivity contribution in [3.8, 4) is 5.88 Å². The van der Waals surface area contributed by atoms with Gasteiger partial charge in [0.15, 0.2) is 0 Å². The molecule has 0 aromatic carbocycles. The molecule has 1 aromatic heterocycles. The summed E-state index contributed by atoms with van der Waals surface area (Å²) in [6, 6.07) is 0. The molecule has 0 radical (unpaired) electrons. The quantitative estimate of drug-likeness (QED) is 0.258. The molecule has 23 heavy (non-hydrogen) atoms. The Hall–Kier alpha value is -2.35. The number of allylic oxidation sites excluding steroid dienone is 1. The number of aromatic amines is 1. The van der Waals surface area contributed by atoms with Gasteiger partial charge in [0.25, 0.3) is 5.56 Å². The Morgan fingerprint density at radius 1 is 1.43 bits per heavy atom. The zero-order valence-corrected chi connectivity index (χ0v) is 13.9. The number of aromatic nitrogens is 2. The molecule has 1 rings (SSSR count). The van der Waals surface area contributed by atoms with E-state index >= 15 is 0 Å². The molecule has 0 aliphatic heterocycles. The number of H-pyrrole nitrogens is 1. The highest BCUT2D eigenvalue weighted by molar-refractivity contribution is 6.00. The van der Waals surface area contributed by atoms with Gasteiger partial charge in [0.2, 0.25) is 5.88 Å². The molecule has 0 spiro atoms. The van der Waals surface area contributed by atoms with E-state index in [4.69, 9.17) is 0 Å². The minimum atomic E-state index is -0.682. The van der Waals surface area contributed by atoms with Crippen LogP contribution in [-0.2, 0) is 6.54 Å². The SMILES string of the molecule is C=CCn1c(O)c(/C(C)=N/NCCN(CC)CC)c(=O)[nH]c1=O. The fraction of sp³-hybridized carbons (Fsp3) is 0.533. The summed E-state index contributed by atoms with van der Waals surface area (Å²) in [7, 11) is 0. The van der Waals surface area contributed by atoms with Crippen LogP contribution < -0.4 is 16.7 Å². The molecule has 8 nitrogen and oxygen atoms in total. The Morgan fingerprint density at radius 2 is 2.09 bits per heavy atom. The lowest BCUT2D eigenvalue weighted by Crippen LogP contribution is -2.34. The minimum Gasteiger partial charge on any atom is -0.494 e. The number of hydrazone groups is 1. The van der Waals surface area contributed by atoms with Crippen molar-refractivity contribution in [2.75, 3.05) is 26.2 Å². The van der Waals surface area contributed by atoms with E-state index in [9.17, 15) is 14.7 Å². The monoisotopic (exact) mass is 323 g/mol. The van der Waals surface area contributed by atoms with Crippen LogP contribution in [-0.4, -0.2) is 51.4 Å². The number of nitrogens with one attached hydrogen (secondary N) is 2. The van der Waals surface area contributed by atoms with Crippen LogP contribution in [0.2, 0.25) is 0 Å². The Kier molecular flexibility index (Phi) is 7.27. The van der Waals surface area contributed by atoms with Gasteiger partial charge in [-0.1, -0.05) is 19.9 Å². The van der Waals surface area contributed by atoms with E-state index < -0.39 is 17.1 Å². The molecule has 8 heteroatoms. The zero-order valence-electron chi connectivity index (χ0n) is 13.9. The van der Waals surface area contributed by atoms with Gasteiger partial charge in [-0.2, -0.15) is 5.10 Å². The second kappa shape index (κ2) is 8.94. The Bertz CT molecular complexity index is 671. The largest absolute Gasteiger partial charge is 0.494 e. The van der Waals surface area contributed by atoms with E-state index in [1.165, 1.54) is 6.08 Å². The number of hydrogen-bond acceptors (Lipinski definition) is 6. The molecule has 0 atom stereocenters. The molecule has 0 saturated heterocycles. The molecular formula is C15H25N5O3. The summed E-state index contributed by atoms with van der Waals surface area (Å²) >= 11 is 0. The molecule has 0 aliphatic rings. The van der Waals surface area contributed by atoms with Crippen molar-refractivity contribution in [2.45, 2.75) is 27.3 Å². The number of aromatic hydroxyl groups is 1. The first-order valence-corrected chi connectivity index (χ1v) is 7.63. The second-order valence-corrected chi connectivity index (χ2v) is 4.99. The fourth-order valence-electron chi connectivity index (χ4n) is 2.16. The van der Waals surface area contributed by atoms with Crippen molar-refractivity contribution in [3.63, 3.8) is 0 Å². The maximum atomic E-state index is 11.9. The Labute approximate surface area is 135 Å². The summed E-state index contributed by atoms with van der Waals surface area (Å²) in [6.45, 7) is 12.7. The maximum Gasteiger partial charge on any atom is 0.331 e. The molecule has 128 valence electrons. The lowest BCUT2D eigenvalue weighted by atomic mass is 10.2. The maximum absolute atomic E-state index is 11.9. The number of hydrogen-bond donors (Lipinski definition) is 3. The normalized spacial score (nSPS) is 11.7. The fourth-order valence-corrected chi connectivity index (χ4v) is 2.16. The van der Waals surface area contributed by atoms with E-state index in [0.29, 0.717) is 12.3 Å². The summed E-state index contributed by atoms with van der Waals surface area (Å²) in [5, 5.41) is 14.3. The van der Waals surface area contributed by atoms with Gasteiger partial charge in [0, 0.05) is 19.6 Å². The molecular weight excluding hydrogens is 298 g/mol. The van der Waals surface area contributed by atoms with Gasteiger partial charge in [0.05, 0.1) is 5.71 Å². The highest BCUT2D eigenvalue weighted by atomic mass is 16.3. The summed E-state index contributed by atoms with van der Waals surface area (Å²) in [4.78, 5) is 28.0. The van der Waals surface area contributed by atoms with Crippen molar-refractivity contribution in [1.29, 1.82) is 0 Å². The molecule has 0 bridgehead atoms. The van der Waals surface area contributed by atoms with E-state index in [2.05, 4.69) is 40.8 Å². The van der Waals surface area contributed by atoms with Gasteiger partial charge in [-0.3, -0.25) is 14.3 Å². The molecule has 0 unspecified atom stereocenters. The van der Waals surface area contributed by atoms with Crippen LogP contribution in [0.4, 0.5) is 0 Å². The predicted molar refractivity (Wildman–Crippen MR) is 91.2 cm³/mol. The summed E-state index contributed by atoms with van der Waals surface area (Å²) < 4.78 is 1.03. The van der Waals surface area contributed by atoms with Crippen molar-refractivity contribution in [1.82, 2.24) is 19.9 Å². The molecule has 1 aromatic rings. The van der Waals surface area contributed by atoms with Gasteiger partial charge < -0.3 is 15.4 Å².